The number of hydrogen-bond donors (Lipinski definition) is 1. The number of ether oxygens (including phenoxy) is 1. The minimum absolute atomic E-state index is 0. The summed E-state index contributed by atoms with van der Waals surface area (Å²) in [4.78, 5) is 14.3. The molecular formula is C16H25ClN2O2. The molecule has 2 rings (SSSR count). The second-order valence-corrected chi connectivity index (χ2v) is 6.22. The number of carbonyl (C=O) groups is 1. The minimum atomic E-state index is -0.00613. The van der Waals surface area contributed by atoms with Gasteiger partial charge in [-0.3, -0.25) is 4.79 Å². The third-order valence-electron chi connectivity index (χ3n) is 4.18. The molecule has 0 spiro atoms. The molecule has 1 aromatic rings. The van der Waals surface area contributed by atoms with E-state index in [0.29, 0.717) is 6.42 Å². The van der Waals surface area contributed by atoms with Gasteiger partial charge in [-0.25, -0.2) is 0 Å². The SMILES string of the molecule is COc1ccc(CC(=O)N2CCC(N)C(C)(C)C2)cc1.Cl. The first-order valence-electron chi connectivity index (χ1n) is 7.08. The van der Waals surface area contributed by atoms with Crippen LogP contribution in [-0.2, 0) is 11.2 Å². The molecule has 0 bridgehead atoms. The van der Waals surface area contributed by atoms with E-state index in [1.54, 1.807) is 7.11 Å². The molecule has 21 heavy (non-hydrogen) atoms. The van der Waals surface area contributed by atoms with E-state index in [1.165, 1.54) is 0 Å². The van der Waals surface area contributed by atoms with Gasteiger partial charge in [0.1, 0.15) is 5.75 Å². The van der Waals surface area contributed by atoms with E-state index in [0.717, 1.165) is 30.8 Å². The maximum Gasteiger partial charge on any atom is 0.227 e. The molecule has 2 N–H and O–H groups in total. The average molecular weight is 313 g/mol. The standard InChI is InChI=1S/C16H24N2O2.ClH/c1-16(2)11-18(9-8-14(16)17)15(19)10-12-4-6-13(20-3)7-5-12;/h4-7,14H,8-11,17H2,1-3H3;1H. The molecule has 1 unspecified atom stereocenters. The van der Waals surface area contributed by atoms with Crippen molar-refractivity contribution in [3.05, 3.63) is 29.8 Å². The predicted molar refractivity (Wildman–Crippen MR) is 86.9 cm³/mol. The van der Waals surface area contributed by atoms with Crippen LogP contribution in [0.2, 0.25) is 0 Å². The summed E-state index contributed by atoms with van der Waals surface area (Å²) in [5.41, 5.74) is 7.12. The molecule has 4 nitrogen and oxygen atoms in total. The van der Waals surface area contributed by atoms with Crippen molar-refractivity contribution in [2.45, 2.75) is 32.7 Å². The number of carbonyl (C=O) groups excluding carboxylic acids is 1. The summed E-state index contributed by atoms with van der Waals surface area (Å²) in [5, 5.41) is 0. The third-order valence-corrected chi connectivity index (χ3v) is 4.18. The van der Waals surface area contributed by atoms with E-state index in [2.05, 4.69) is 13.8 Å². The molecule has 1 saturated heterocycles. The normalized spacial score (nSPS) is 20.6. The fourth-order valence-electron chi connectivity index (χ4n) is 2.62. The van der Waals surface area contributed by atoms with Crippen LogP contribution in [0.25, 0.3) is 0 Å². The van der Waals surface area contributed by atoms with E-state index in [1.807, 2.05) is 29.2 Å². The van der Waals surface area contributed by atoms with Crippen LogP contribution in [0.5, 0.6) is 5.75 Å². The summed E-state index contributed by atoms with van der Waals surface area (Å²) in [6.07, 6.45) is 1.32. The molecule has 0 aromatic heterocycles. The first-order valence-corrected chi connectivity index (χ1v) is 7.08. The molecule has 0 aliphatic carbocycles. The van der Waals surface area contributed by atoms with E-state index in [-0.39, 0.29) is 29.8 Å². The lowest BCUT2D eigenvalue weighted by Crippen LogP contribution is -2.54. The number of hydrogen-bond acceptors (Lipinski definition) is 3. The maximum absolute atomic E-state index is 12.4. The van der Waals surface area contributed by atoms with Crippen LogP contribution in [-0.4, -0.2) is 37.0 Å². The van der Waals surface area contributed by atoms with Gasteiger partial charge in [-0.15, -0.1) is 12.4 Å². The van der Waals surface area contributed by atoms with E-state index in [9.17, 15) is 4.79 Å². The highest BCUT2D eigenvalue weighted by molar-refractivity contribution is 5.85. The van der Waals surface area contributed by atoms with E-state index in [4.69, 9.17) is 10.5 Å². The topological polar surface area (TPSA) is 55.6 Å². The van der Waals surface area contributed by atoms with Gasteiger partial charge in [0.2, 0.25) is 5.91 Å². The molecule has 0 radical (unpaired) electrons. The number of nitrogens with two attached hydrogens (primary N) is 1. The Hall–Kier alpha value is -1.26. The number of benzene rings is 1. The Bertz CT molecular complexity index is 474. The summed E-state index contributed by atoms with van der Waals surface area (Å²) in [5.74, 6) is 0.987. The highest BCUT2D eigenvalue weighted by atomic mass is 35.5. The zero-order valence-corrected chi connectivity index (χ0v) is 13.8. The van der Waals surface area contributed by atoms with Crippen LogP contribution in [0.15, 0.2) is 24.3 Å². The summed E-state index contributed by atoms with van der Waals surface area (Å²) in [6, 6.07) is 7.83. The highest BCUT2D eigenvalue weighted by Gasteiger charge is 2.35. The Labute approximate surface area is 133 Å². The van der Waals surface area contributed by atoms with E-state index < -0.39 is 0 Å². The number of likely N-dealkylation sites (tertiary alicyclic amines) is 1. The van der Waals surface area contributed by atoms with Crippen LogP contribution < -0.4 is 10.5 Å². The first-order chi connectivity index (χ1) is 9.42. The van der Waals surface area contributed by atoms with Crippen molar-refractivity contribution in [2.75, 3.05) is 20.2 Å². The number of rotatable bonds is 3. The van der Waals surface area contributed by atoms with Gasteiger partial charge < -0.3 is 15.4 Å². The molecule has 1 atom stereocenters. The molecule has 1 heterocycles. The van der Waals surface area contributed by atoms with Crippen LogP contribution in [0.1, 0.15) is 25.8 Å². The maximum atomic E-state index is 12.4. The lowest BCUT2D eigenvalue weighted by molar-refractivity contribution is -0.133. The second-order valence-electron chi connectivity index (χ2n) is 6.22. The number of amides is 1. The largest absolute Gasteiger partial charge is 0.497 e. The molecule has 1 fully saturated rings. The van der Waals surface area contributed by atoms with Crippen molar-refractivity contribution in [3.63, 3.8) is 0 Å². The number of halogens is 1. The Morgan fingerprint density at radius 3 is 2.52 bits per heavy atom. The Morgan fingerprint density at radius 1 is 1.38 bits per heavy atom. The Balaban J connectivity index is 0.00000220. The minimum Gasteiger partial charge on any atom is -0.497 e. The van der Waals surface area contributed by atoms with Crippen molar-refractivity contribution in [1.29, 1.82) is 0 Å². The van der Waals surface area contributed by atoms with Crippen molar-refractivity contribution in [1.82, 2.24) is 4.90 Å². The molecular weight excluding hydrogens is 288 g/mol. The van der Waals surface area contributed by atoms with Gasteiger partial charge in [0.05, 0.1) is 13.5 Å². The van der Waals surface area contributed by atoms with E-state index >= 15 is 0 Å². The zero-order chi connectivity index (χ0) is 14.8. The van der Waals surface area contributed by atoms with Crippen LogP contribution in [0.3, 0.4) is 0 Å². The highest BCUT2D eigenvalue weighted by Crippen LogP contribution is 2.28. The van der Waals surface area contributed by atoms with Crippen molar-refractivity contribution in [2.24, 2.45) is 11.1 Å². The lowest BCUT2D eigenvalue weighted by Gasteiger charge is -2.42. The summed E-state index contributed by atoms with van der Waals surface area (Å²) < 4.78 is 5.12. The predicted octanol–water partition coefficient (Wildman–Crippen LogP) is 2.25. The quantitative estimate of drug-likeness (QED) is 0.931. The summed E-state index contributed by atoms with van der Waals surface area (Å²) in [6.45, 7) is 5.76. The van der Waals surface area contributed by atoms with Crippen molar-refractivity contribution < 1.29 is 9.53 Å². The fraction of sp³-hybridized carbons (Fsp3) is 0.562. The average Bonchev–Trinajstić information content (AvgIpc) is 2.42. The fourth-order valence-corrected chi connectivity index (χ4v) is 2.62. The van der Waals surface area contributed by atoms with Crippen molar-refractivity contribution >= 4 is 18.3 Å². The van der Waals surface area contributed by atoms with Gasteiger partial charge >= 0.3 is 0 Å². The third kappa shape index (κ3) is 4.35. The molecule has 0 saturated carbocycles. The molecule has 1 aliphatic rings. The van der Waals surface area contributed by atoms with Crippen LogP contribution >= 0.6 is 12.4 Å². The molecule has 1 amide bonds. The van der Waals surface area contributed by atoms with Crippen LogP contribution in [0, 0.1) is 5.41 Å². The Morgan fingerprint density at radius 2 is 2.00 bits per heavy atom. The van der Waals surface area contributed by atoms with Gasteiger partial charge in [0.15, 0.2) is 0 Å². The van der Waals surface area contributed by atoms with Crippen LogP contribution in [0.4, 0.5) is 0 Å². The van der Waals surface area contributed by atoms with Gasteiger partial charge in [0, 0.05) is 19.1 Å². The summed E-state index contributed by atoms with van der Waals surface area (Å²) in [7, 11) is 1.64. The zero-order valence-electron chi connectivity index (χ0n) is 13.0. The van der Waals surface area contributed by atoms with Crippen molar-refractivity contribution in [3.8, 4) is 5.75 Å². The number of piperidine rings is 1. The molecule has 5 heteroatoms. The van der Waals surface area contributed by atoms with Gasteiger partial charge in [0.25, 0.3) is 0 Å². The number of nitrogens with zero attached hydrogens (tertiary/aromatic N) is 1. The summed E-state index contributed by atoms with van der Waals surface area (Å²) >= 11 is 0. The Kier molecular flexibility index (Phi) is 6.05. The van der Waals surface area contributed by atoms with Gasteiger partial charge in [-0.2, -0.15) is 0 Å². The second kappa shape index (κ2) is 7.14. The van der Waals surface area contributed by atoms with Gasteiger partial charge in [-0.1, -0.05) is 26.0 Å². The smallest absolute Gasteiger partial charge is 0.227 e. The monoisotopic (exact) mass is 312 g/mol. The molecule has 118 valence electrons. The number of methoxy groups -OCH3 is 1. The molecule has 1 aliphatic heterocycles. The molecule has 1 aromatic carbocycles. The lowest BCUT2D eigenvalue weighted by atomic mass is 9.79. The first kappa shape index (κ1) is 17.8. The van der Waals surface area contributed by atoms with Gasteiger partial charge in [-0.05, 0) is 29.5 Å².